The molecule has 3 nitrogen and oxygen atoms in total. The van der Waals surface area contributed by atoms with Crippen LogP contribution in [0, 0.1) is 5.92 Å². The third-order valence-electron chi connectivity index (χ3n) is 4.21. The van der Waals surface area contributed by atoms with E-state index in [4.69, 9.17) is 23.2 Å². The quantitative estimate of drug-likeness (QED) is 0.607. The van der Waals surface area contributed by atoms with E-state index in [2.05, 4.69) is 29.4 Å². The van der Waals surface area contributed by atoms with Gasteiger partial charge in [-0.1, -0.05) is 56.3 Å². The summed E-state index contributed by atoms with van der Waals surface area (Å²) in [5.41, 5.74) is 3.02. The number of benzene rings is 1. The molecule has 1 heterocycles. The van der Waals surface area contributed by atoms with Gasteiger partial charge in [0, 0.05) is 22.7 Å². The lowest BCUT2D eigenvalue weighted by Gasteiger charge is -2.15. The van der Waals surface area contributed by atoms with Crippen LogP contribution in [0.2, 0.25) is 10.0 Å². The number of hydrogen-bond acceptors (Lipinski definition) is 2. The third kappa shape index (κ3) is 5.23. The molecule has 5 heteroatoms. The van der Waals surface area contributed by atoms with Crippen molar-refractivity contribution in [2.24, 2.45) is 5.92 Å². The molecule has 1 atom stereocenters. The molecule has 2 aromatic rings. The number of H-pyrrole nitrogens is 1. The van der Waals surface area contributed by atoms with Gasteiger partial charge in [0.15, 0.2) is 0 Å². The molecule has 0 aliphatic carbocycles. The van der Waals surface area contributed by atoms with Gasteiger partial charge in [-0.25, -0.2) is 0 Å². The summed E-state index contributed by atoms with van der Waals surface area (Å²) in [7, 11) is 0. The molecule has 0 radical (unpaired) electrons. The van der Waals surface area contributed by atoms with E-state index in [1.54, 1.807) is 6.07 Å². The molecule has 1 aromatic heterocycles. The van der Waals surface area contributed by atoms with Crippen molar-refractivity contribution in [3.8, 4) is 11.3 Å². The van der Waals surface area contributed by atoms with Crippen LogP contribution in [0.4, 0.5) is 0 Å². The van der Waals surface area contributed by atoms with Gasteiger partial charge < -0.3 is 5.32 Å². The molecule has 1 unspecified atom stereocenters. The monoisotopic (exact) mass is 353 g/mol. The first kappa shape index (κ1) is 18.3. The van der Waals surface area contributed by atoms with Crippen molar-refractivity contribution in [1.82, 2.24) is 15.5 Å². The molecular weight excluding hydrogens is 329 g/mol. The maximum absolute atomic E-state index is 6.30. The van der Waals surface area contributed by atoms with Gasteiger partial charge in [-0.3, -0.25) is 5.10 Å². The fourth-order valence-corrected chi connectivity index (χ4v) is 3.23. The molecule has 23 heavy (non-hydrogen) atoms. The minimum atomic E-state index is 0.636. The van der Waals surface area contributed by atoms with E-state index in [9.17, 15) is 0 Å². The van der Waals surface area contributed by atoms with Crippen molar-refractivity contribution >= 4 is 23.2 Å². The molecule has 0 spiro atoms. The summed E-state index contributed by atoms with van der Waals surface area (Å²) in [5.74, 6) is 0.740. The van der Waals surface area contributed by atoms with Gasteiger partial charge in [0.05, 0.1) is 16.9 Å². The van der Waals surface area contributed by atoms with Crippen LogP contribution in [0.3, 0.4) is 0 Å². The van der Waals surface area contributed by atoms with Crippen LogP contribution in [0.15, 0.2) is 24.4 Å². The fraction of sp³-hybridized carbons (Fsp3) is 0.500. The lowest BCUT2D eigenvalue weighted by Crippen LogP contribution is -2.22. The molecule has 0 aliphatic rings. The van der Waals surface area contributed by atoms with Crippen molar-refractivity contribution in [2.45, 2.75) is 46.1 Å². The van der Waals surface area contributed by atoms with Crippen molar-refractivity contribution in [2.75, 3.05) is 6.54 Å². The van der Waals surface area contributed by atoms with E-state index < -0.39 is 0 Å². The Kier molecular flexibility index (Phi) is 7.41. The summed E-state index contributed by atoms with van der Waals surface area (Å²) in [6.45, 7) is 6.33. The smallest absolute Gasteiger partial charge is 0.0710 e. The van der Waals surface area contributed by atoms with Crippen LogP contribution in [-0.2, 0) is 6.54 Å². The molecule has 0 amide bonds. The van der Waals surface area contributed by atoms with E-state index in [1.807, 2.05) is 18.3 Å². The first-order valence-electron chi connectivity index (χ1n) is 8.34. The molecule has 2 rings (SSSR count). The predicted octanol–water partition coefficient (Wildman–Crippen LogP) is 5.69. The Balaban J connectivity index is 1.98. The first-order valence-corrected chi connectivity index (χ1v) is 9.09. The maximum Gasteiger partial charge on any atom is 0.0710 e. The topological polar surface area (TPSA) is 40.7 Å². The van der Waals surface area contributed by atoms with E-state index in [1.165, 1.54) is 25.7 Å². The third-order valence-corrected chi connectivity index (χ3v) is 4.76. The highest BCUT2D eigenvalue weighted by molar-refractivity contribution is 6.36. The van der Waals surface area contributed by atoms with Crippen molar-refractivity contribution in [3.63, 3.8) is 0 Å². The van der Waals surface area contributed by atoms with Crippen molar-refractivity contribution in [1.29, 1.82) is 0 Å². The van der Waals surface area contributed by atoms with Crippen LogP contribution in [-0.4, -0.2) is 16.7 Å². The minimum Gasteiger partial charge on any atom is -0.312 e. The maximum atomic E-state index is 6.30. The van der Waals surface area contributed by atoms with E-state index in [0.717, 1.165) is 35.8 Å². The highest BCUT2D eigenvalue weighted by Gasteiger charge is 2.12. The van der Waals surface area contributed by atoms with E-state index in [-0.39, 0.29) is 0 Å². The lowest BCUT2D eigenvalue weighted by atomic mass is 9.99. The summed E-state index contributed by atoms with van der Waals surface area (Å²) < 4.78 is 0. The summed E-state index contributed by atoms with van der Waals surface area (Å²) in [6.07, 6.45) is 6.94. The molecule has 2 N–H and O–H groups in total. The van der Waals surface area contributed by atoms with Crippen LogP contribution >= 0.6 is 23.2 Å². The zero-order valence-corrected chi connectivity index (χ0v) is 15.3. The number of aromatic amines is 1. The molecule has 0 fully saturated rings. The standard InChI is InChI=1S/C18H25Cl2N3/c1-3-5-6-13(4-2)10-21-11-14-12-22-23-18(14)16-8-7-15(19)9-17(16)20/h7-9,12-13,21H,3-6,10-11H2,1-2H3,(H,22,23). The average Bonchev–Trinajstić information content (AvgIpc) is 2.99. The number of aromatic nitrogens is 2. The molecule has 1 aromatic carbocycles. The number of unbranched alkanes of at least 4 members (excludes halogenated alkanes) is 1. The first-order chi connectivity index (χ1) is 11.2. The summed E-state index contributed by atoms with van der Waals surface area (Å²) in [6, 6.07) is 5.53. The van der Waals surface area contributed by atoms with Gasteiger partial charge in [-0.15, -0.1) is 0 Å². The van der Waals surface area contributed by atoms with E-state index in [0.29, 0.717) is 10.0 Å². The molecule has 0 aliphatic heterocycles. The van der Waals surface area contributed by atoms with Gasteiger partial charge in [-0.2, -0.15) is 5.10 Å². The van der Waals surface area contributed by atoms with Gasteiger partial charge in [0.2, 0.25) is 0 Å². The van der Waals surface area contributed by atoms with E-state index >= 15 is 0 Å². The number of halogens is 2. The predicted molar refractivity (Wildman–Crippen MR) is 99.1 cm³/mol. The van der Waals surface area contributed by atoms with Crippen molar-refractivity contribution in [3.05, 3.63) is 40.0 Å². The highest BCUT2D eigenvalue weighted by atomic mass is 35.5. The SMILES string of the molecule is CCCCC(CC)CNCc1cn[nH]c1-c1ccc(Cl)cc1Cl. The van der Waals surface area contributed by atoms with Crippen LogP contribution in [0.25, 0.3) is 11.3 Å². The van der Waals surface area contributed by atoms with Crippen LogP contribution in [0.1, 0.15) is 45.1 Å². The zero-order valence-electron chi connectivity index (χ0n) is 13.8. The average molecular weight is 354 g/mol. The Morgan fingerprint density at radius 1 is 1.26 bits per heavy atom. The second-order valence-electron chi connectivity index (χ2n) is 5.94. The lowest BCUT2D eigenvalue weighted by molar-refractivity contribution is 0.419. The van der Waals surface area contributed by atoms with Gasteiger partial charge in [0.25, 0.3) is 0 Å². The Bertz CT molecular complexity index is 610. The molecule has 0 bridgehead atoms. The number of rotatable bonds is 9. The zero-order chi connectivity index (χ0) is 16.7. The minimum absolute atomic E-state index is 0.636. The number of hydrogen-bond donors (Lipinski definition) is 2. The van der Waals surface area contributed by atoms with Gasteiger partial charge >= 0.3 is 0 Å². The molecule has 0 saturated heterocycles. The highest BCUT2D eigenvalue weighted by Crippen LogP contribution is 2.31. The fourth-order valence-electron chi connectivity index (χ4n) is 2.72. The van der Waals surface area contributed by atoms with Crippen molar-refractivity contribution < 1.29 is 0 Å². The Labute approximate surface area is 148 Å². The largest absolute Gasteiger partial charge is 0.312 e. The second-order valence-corrected chi connectivity index (χ2v) is 6.79. The summed E-state index contributed by atoms with van der Waals surface area (Å²) >= 11 is 12.3. The molecule has 0 saturated carbocycles. The van der Waals surface area contributed by atoms with Crippen LogP contribution < -0.4 is 5.32 Å². The number of nitrogens with one attached hydrogen (secondary N) is 2. The summed E-state index contributed by atoms with van der Waals surface area (Å²) in [4.78, 5) is 0. The van der Waals surface area contributed by atoms with Crippen LogP contribution in [0.5, 0.6) is 0 Å². The number of nitrogens with zero attached hydrogens (tertiary/aromatic N) is 1. The molecule has 126 valence electrons. The normalized spacial score (nSPS) is 12.5. The Hall–Kier alpha value is -1.03. The molecular formula is C18H25Cl2N3. The Morgan fingerprint density at radius 3 is 2.78 bits per heavy atom. The second kappa shape index (κ2) is 9.31. The van der Waals surface area contributed by atoms with Gasteiger partial charge in [-0.05, 0) is 37.1 Å². The van der Waals surface area contributed by atoms with Gasteiger partial charge in [0.1, 0.15) is 0 Å². The Morgan fingerprint density at radius 2 is 2.09 bits per heavy atom. The summed E-state index contributed by atoms with van der Waals surface area (Å²) in [5, 5.41) is 12.1.